The first-order chi connectivity index (χ1) is 11.8. The molecular formula is C22H21NS. The Morgan fingerprint density at radius 3 is 1.33 bits per heavy atom. The number of thioether (sulfide) groups is 1. The molecule has 2 radical (unpaired) electrons. The van der Waals surface area contributed by atoms with Crippen molar-refractivity contribution in [3.05, 3.63) is 108 Å². The lowest BCUT2D eigenvalue weighted by molar-refractivity contribution is 0.856. The standard InChI is InChI=1S/C22H21NS/c1-18(17-23)24-22(19-11-5-2-6-12-19,20-13-7-3-8-14-20)21-15-9-4-10-16-21/h2-16,18H,17H2,1H3. The highest BCUT2D eigenvalue weighted by Gasteiger charge is 2.38. The number of hydrogen-bond donors (Lipinski definition) is 0. The quantitative estimate of drug-likeness (QED) is 0.571. The highest BCUT2D eigenvalue weighted by molar-refractivity contribution is 8.01. The van der Waals surface area contributed by atoms with Gasteiger partial charge in [0.05, 0.1) is 4.75 Å². The van der Waals surface area contributed by atoms with Crippen LogP contribution >= 0.6 is 11.8 Å². The van der Waals surface area contributed by atoms with Crippen LogP contribution in [0.1, 0.15) is 23.6 Å². The first kappa shape index (κ1) is 16.8. The topological polar surface area (TPSA) is 22.3 Å². The van der Waals surface area contributed by atoms with Crippen LogP contribution in [0.2, 0.25) is 0 Å². The van der Waals surface area contributed by atoms with Gasteiger partial charge in [-0.1, -0.05) is 97.9 Å². The molecule has 120 valence electrons. The third-order valence-electron chi connectivity index (χ3n) is 4.18. The van der Waals surface area contributed by atoms with Crippen molar-refractivity contribution in [1.82, 2.24) is 5.73 Å². The van der Waals surface area contributed by atoms with Gasteiger partial charge in [-0.3, -0.25) is 0 Å². The molecule has 0 aliphatic carbocycles. The third-order valence-corrected chi connectivity index (χ3v) is 5.79. The fourth-order valence-electron chi connectivity index (χ4n) is 3.06. The first-order valence-electron chi connectivity index (χ1n) is 8.22. The Balaban J connectivity index is 2.28. The maximum absolute atomic E-state index is 9.72. The normalized spacial score (nSPS) is 12.8. The minimum absolute atomic E-state index is 0.116. The molecule has 0 aliphatic heterocycles. The molecule has 0 N–H and O–H groups in total. The summed E-state index contributed by atoms with van der Waals surface area (Å²) < 4.78 is -0.341. The highest BCUT2D eigenvalue weighted by Crippen LogP contribution is 2.49. The van der Waals surface area contributed by atoms with E-state index in [0.29, 0.717) is 0 Å². The molecular weight excluding hydrogens is 310 g/mol. The molecule has 0 amide bonds. The van der Waals surface area contributed by atoms with Gasteiger partial charge in [0.1, 0.15) is 0 Å². The molecule has 1 atom stereocenters. The molecule has 1 nitrogen and oxygen atoms in total. The predicted octanol–water partition coefficient (Wildman–Crippen LogP) is 5.17. The lowest BCUT2D eigenvalue weighted by Gasteiger charge is -2.37. The average molecular weight is 331 g/mol. The van der Waals surface area contributed by atoms with E-state index in [1.807, 2.05) is 18.2 Å². The van der Waals surface area contributed by atoms with E-state index in [1.165, 1.54) is 16.7 Å². The van der Waals surface area contributed by atoms with Crippen molar-refractivity contribution in [3.63, 3.8) is 0 Å². The summed E-state index contributed by atoms with van der Waals surface area (Å²) >= 11 is 1.80. The SMILES string of the molecule is CC(C[N])SC(c1ccccc1)(c1ccccc1)c1ccccc1. The molecule has 3 aromatic rings. The van der Waals surface area contributed by atoms with Crippen molar-refractivity contribution >= 4 is 11.8 Å². The Kier molecular flexibility index (Phi) is 5.39. The molecule has 24 heavy (non-hydrogen) atoms. The Hall–Kier alpha value is -2.03. The largest absolute Gasteiger partial charge is 0.144 e. The molecule has 0 aliphatic rings. The minimum atomic E-state index is -0.341. The maximum Gasteiger partial charge on any atom is 0.0910 e. The molecule has 0 aromatic heterocycles. The van der Waals surface area contributed by atoms with Gasteiger partial charge in [-0.25, -0.2) is 0 Å². The van der Waals surface area contributed by atoms with Gasteiger partial charge in [-0.2, -0.15) is 0 Å². The summed E-state index contributed by atoms with van der Waals surface area (Å²) in [4.78, 5) is 0. The second-order valence-corrected chi connectivity index (χ2v) is 7.54. The molecule has 3 rings (SSSR count). The Bertz CT molecular complexity index is 644. The number of hydrogen-bond acceptors (Lipinski definition) is 1. The van der Waals surface area contributed by atoms with E-state index in [0.717, 1.165) is 0 Å². The summed E-state index contributed by atoms with van der Waals surface area (Å²) in [5.41, 5.74) is 13.4. The van der Waals surface area contributed by atoms with E-state index in [2.05, 4.69) is 79.7 Å². The van der Waals surface area contributed by atoms with Crippen molar-refractivity contribution in [2.24, 2.45) is 0 Å². The molecule has 0 heterocycles. The van der Waals surface area contributed by atoms with Crippen LogP contribution in [0.5, 0.6) is 0 Å². The van der Waals surface area contributed by atoms with Crippen molar-refractivity contribution < 1.29 is 0 Å². The third kappa shape index (κ3) is 3.26. The van der Waals surface area contributed by atoms with Gasteiger partial charge < -0.3 is 0 Å². The molecule has 0 fully saturated rings. The van der Waals surface area contributed by atoms with Crippen LogP contribution in [0.25, 0.3) is 0 Å². The molecule has 0 saturated carbocycles. The first-order valence-corrected chi connectivity index (χ1v) is 9.10. The monoisotopic (exact) mass is 331 g/mol. The van der Waals surface area contributed by atoms with E-state index < -0.39 is 0 Å². The fraction of sp³-hybridized carbons (Fsp3) is 0.182. The number of rotatable bonds is 6. The molecule has 0 saturated heterocycles. The maximum atomic E-state index is 9.72. The van der Waals surface area contributed by atoms with Gasteiger partial charge in [0.2, 0.25) is 0 Å². The zero-order valence-electron chi connectivity index (χ0n) is 13.8. The van der Waals surface area contributed by atoms with E-state index in [9.17, 15) is 5.73 Å². The minimum Gasteiger partial charge on any atom is -0.144 e. The Morgan fingerprint density at radius 1 is 0.708 bits per heavy atom. The van der Waals surface area contributed by atoms with Gasteiger partial charge >= 0.3 is 0 Å². The molecule has 0 bridgehead atoms. The van der Waals surface area contributed by atoms with Crippen LogP contribution in [0.4, 0.5) is 0 Å². The Morgan fingerprint density at radius 2 is 1.04 bits per heavy atom. The highest BCUT2D eigenvalue weighted by atomic mass is 32.2. The average Bonchev–Trinajstić information content (AvgIpc) is 2.68. The van der Waals surface area contributed by atoms with E-state index in [4.69, 9.17) is 0 Å². The van der Waals surface area contributed by atoms with Gasteiger partial charge in [0.15, 0.2) is 0 Å². The summed E-state index contributed by atoms with van der Waals surface area (Å²) in [6, 6.07) is 31.7. The van der Waals surface area contributed by atoms with Crippen LogP contribution in [-0.2, 0) is 4.75 Å². The smallest absolute Gasteiger partial charge is 0.0910 e. The van der Waals surface area contributed by atoms with Gasteiger partial charge in [-0.15, -0.1) is 17.5 Å². The van der Waals surface area contributed by atoms with Crippen LogP contribution in [0.3, 0.4) is 0 Å². The van der Waals surface area contributed by atoms with Crippen molar-refractivity contribution in [3.8, 4) is 0 Å². The zero-order valence-corrected chi connectivity index (χ0v) is 14.6. The van der Waals surface area contributed by atoms with Crippen molar-refractivity contribution in [2.75, 3.05) is 6.54 Å². The summed E-state index contributed by atoms with van der Waals surface area (Å²) in [6.45, 7) is 2.23. The fourth-order valence-corrected chi connectivity index (χ4v) is 4.56. The van der Waals surface area contributed by atoms with Crippen LogP contribution in [-0.4, -0.2) is 11.8 Å². The molecule has 2 heteroatoms. The lowest BCUT2D eigenvalue weighted by Crippen LogP contribution is -2.29. The zero-order chi connectivity index (χ0) is 16.8. The summed E-state index contributed by atoms with van der Waals surface area (Å²) in [5, 5.41) is 0.116. The second kappa shape index (κ2) is 7.69. The van der Waals surface area contributed by atoms with E-state index in [1.54, 1.807) is 11.8 Å². The van der Waals surface area contributed by atoms with Crippen LogP contribution in [0.15, 0.2) is 91.0 Å². The summed E-state index contributed by atoms with van der Waals surface area (Å²) in [5.74, 6) is 0. The number of nitrogens with zero attached hydrogens (tertiary/aromatic N) is 1. The molecule has 1 unspecified atom stereocenters. The van der Waals surface area contributed by atoms with Gasteiger partial charge in [-0.05, 0) is 16.7 Å². The molecule has 3 aromatic carbocycles. The van der Waals surface area contributed by atoms with Gasteiger partial charge in [0.25, 0.3) is 0 Å². The van der Waals surface area contributed by atoms with Gasteiger partial charge in [0, 0.05) is 11.8 Å². The lowest BCUT2D eigenvalue weighted by atomic mass is 9.84. The second-order valence-electron chi connectivity index (χ2n) is 5.89. The summed E-state index contributed by atoms with van der Waals surface area (Å²) in [7, 11) is 0. The van der Waals surface area contributed by atoms with Crippen molar-refractivity contribution in [1.29, 1.82) is 0 Å². The Labute approximate surface area is 148 Å². The van der Waals surface area contributed by atoms with Crippen LogP contribution < -0.4 is 5.73 Å². The van der Waals surface area contributed by atoms with E-state index in [-0.39, 0.29) is 16.5 Å². The van der Waals surface area contributed by atoms with Crippen molar-refractivity contribution in [2.45, 2.75) is 16.9 Å². The summed E-state index contributed by atoms with van der Waals surface area (Å²) in [6.07, 6.45) is 0. The van der Waals surface area contributed by atoms with Crippen LogP contribution in [0, 0.1) is 0 Å². The number of benzene rings is 3. The molecule has 0 spiro atoms. The predicted molar refractivity (Wildman–Crippen MR) is 103 cm³/mol. The van der Waals surface area contributed by atoms with E-state index >= 15 is 0 Å².